The number of nitrogens with zero attached hydrogens (tertiary/aromatic N) is 3. The van der Waals surface area contributed by atoms with Gasteiger partial charge in [0.1, 0.15) is 5.58 Å². The largest absolute Gasteiger partial charge is 0.475 e. The summed E-state index contributed by atoms with van der Waals surface area (Å²) in [5.74, 6) is 1.33. The Balaban J connectivity index is 1.38. The molecule has 2 atom stereocenters. The van der Waals surface area contributed by atoms with Gasteiger partial charge in [-0.1, -0.05) is 31.5 Å². The predicted molar refractivity (Wildman–Crippen MR) is 106 cm³/mol. The molecule has 2 fully saturated rings. The highest BCUT2D eigenvalue weighted by molar-refractivity contribution is 5.91. The molecule has 7 nitrogen and oxygen atoms in total. The van der Waals surface area contributed by atoms with Crippen LogP contribution in [0.15, 0.2) is 33.2 Å². The fraction of sp³-hybridized carbons (Fsp3) is 0.500. The zero-order valence-electron chi connectivity index (χ0n) is 16.7. The third kappa shape index (κ3) is 3.04. The second-order valence-electron chi connectivity index (χ2n) is 8.82. The van der Waals surface area contributed by atoms with E-state index in [4.69, 9.17) is 19.0 Å². The second-order valence-corrected chi connectivity index (χ2v) is 8.82. The van der Waals surface area contributed by atoms with Crippen LogP contribution in [0.3, 0.4) is 0 Å². The van der Waals surface area contributed by atoms with E-state index in [1.54, 1.807) is 6.07 Å². The van der Waals surface area contributed by atoms with Crippen LogP contribution in [0.1, 0.15) is 66.9 Å². The predicted octanol–water partition coefficient (Wildman–Crippen LogP) is 4.19. The monoisotopic (exact) mass is 395 g/mol. The first kappa shape index (κ1) is 18.4. The van der Waals surface area contributed by atoms with Crippen molar-refractivity contribution in [1.82, 2.24) is 15.0 Å². The maximum atomic E-state index is 11.1. The highest BCUT2D eigenvalue weighted by Gasteiger charge is 2.54. The Kier molecular flexibility index (Phi) is 4.24. The van der Waals surface area contributed by atoms with Crippen molar-refractivity contribution >= 4 is 16.9 Å². The molecule has 152 valence electrons. The summed E-state index contributed by atoms with van der Waals surface area (Å²) in [5.41, 5.74) is 1.72. The van der Waals surface area contributed by atoms with Crippen LogP contribution >= 0.6 is 0 Å². The number of aromatic carboxylic acids is 1. The topological polar surface area (TPSA) is 92.6 Å². The zero-order valence-corrected chi connectivity index (χ0v) is 16.7. The molecule has 1 aromatic carbocycles. The van der Waals surface area contributed by atoms with Crippen molar-refractivity contribution in [2.24, 2.45) is 5.92 Å². The Morgan fingerprint density at radius 1 is 1.38 bits per heavy atom. The first-order valence-electron chi connectivity index (χ1n) is 10.3. The van der Waals surface area contributed by atoms with E-state index in [9.17, 15) is 4.79 Å². The molecule has 0 spiro atoms. The third-order valence-electron chi connectivity index (χ3n) is 6.52. The van der Waals surface area contributed by atoms with Gasteiger partial charge >= 0.3 is 5.97 Å². The van der Waals surface area contributed by atoms with E-state index < -0.39 is 5.97 Å². The van der Waals surface area contributed by atoms with Gasteiger partial charge in [-0.05, 0) is 42.5 Å². The fourth-order valence-corrected chi connectivity index (χ4v) is 5.09. The van der Waals surface area contributed by atoms with Crippen LogP contribution in [0.25, 0.3) is 11.0 Å². The van der Waals surface area contributed by atoms with Gasteiger partial charge in [-0.25, -0.2) is 4.79 Å². The van der Waals surface area contributed by atoms with Crippen molar-refractivity contribution in [2.45, 2.75) is 51.0 Å². The molecule has 0 bridgehead atoms. The molecule has 1 aliphatic heterocycles. The molecule has 0 unspecified atom stereocenters. The Morgan fingerprint density at radius 3 is 3.00 bits per heavy atom. The van der Waals surface area contributed by atoms with Crippen LogP contribution in [0.2, 0.25) is 0 Å². The molecule has 0 amide bonds. The number of benzene rings is 1. The first-order chi connectivity index (χ1) is 13.9. The molecule has 2 aliphatic rings. The molecule has 1 aliphatic carbocycles. The van der Waals surface area contributed by atoms with Crippen LogP contribution in [-0.2, 0) is 12.0 Å². The van der Waals surface area contributed by atoms with Gasteiger partial charge in [0.05, 0.1) is 5.41 Å². The maximum absolute atomic E-state index is 11.1. The average molecular weight is 395 g/mol. The molecule has 7 heteroatoms. The van der Waals surface area contributed by atoms with Crippen LogP contribution in [0, 0.1) is 5.92 Å². The van der Waals surface area contributed by atoms with Crippen molar-refractivity contribution in [2.75, 3.05) is 13.1 Å². The average Bonchev–Trinajstić information content (AvgIpc) is 3.42. The van der Waals surface area contributed by atoms with E-state index in [1.807, 2.05) is 18.2 Å². The van der Waals surface area contributed by atoms with Gasteiger partial charge in [-0.2, -0.15) is 4.98 Å². The number of carboxylic acid groups (broad SMARTS) is 1. The lowest BCUT2D eigenvalue weighted by molar-refractivity contribution is 0.0665. The molecule has 3 heterocycles. The number of likely N-dealkylation sites (tertiary alicyclic amines) is 1. The minimum atomic E-state index is -1.04. The summed E-state index contributed by atoms with van der Waals surface area (Å²) in [6.45, 7) is 6.92. The van der Waals surface area contributed by atoms with E-state index in [0.29, 0.717) is 11.5 Å². The highest BCUT2D eigenvalue weighted by Crippen LogP contribution is 2.50. The Bertz CT molecular complexity index is 1070. The van der Waals surface area contributed by atoms with E-state index in [1.165, 1.54) is 12.8 Å². The normalized spacial score (nSPS) is 24.6. The van der Waals surface area contributed by atoms with Crippen molar-refractivity contribution in [3.05, 3.63) is 47.3 Å². The Hall–Kier alpha value is -2.67. The van der Waals surface area contributed by atoms with Crippen LogP contribution in [-0.4, -0.2) is 39.2 Å². The molecular weight excluding hydrogens is 370 g/mol. The molecule has 1 saturated carbocycles. The van der Waals surface area contributed by atoms with Gasteiger partial charge in [0.15, 0.2) is 5.82 Å². The fourth-order valence-electron chi connectivity index (χ4n) is 5.09. The lowest BCUT2D eigenvalue weighted by Gasteiger charge is -2.24. The lowest BCUT2D eigenvalue weighted by atomic mass is 9.80. The summed E-state index contributed by atoms with van der Waals surface area (Å²) >= 11 is 0. The number of rotatable bonds is 5. The highest BCUT2D eigenvalue weighted by atomic mass is 16.5. The SMILES string of the molecule is CC(C)c1noc([C@]23CCC[C@H]2CN(Cc2ccc4oc(C(=O)O)cc4c2)C3)n1. The first-order valence-corrected chi connectivity index (χ1v) is 10.3. The van der Waals surface area contributed by atoms with Gasteiger partial charge in [-0.3, -0.25) is 4.90 Å². The second kappa shape index (κ2) is 6.69. The maximum Gasteiger partial charge on any atom is 0.371 e. The van der Waals surface area contributed by atoms with Crippen molar-refractivity contribution < 1.29 is 18.8 Å². The molecule has 1 saturated heterocycles. The quantitative estimate of drug-likeness (QED) is 0.692. The van der Waals surface area contributed by atoms with E-state index >= 15 is 0 Å². The standard InChI is InChI=1S/C22H25N3O4/c1-13(2)19-23-21(29-24-19)22-7-3-4-16(22)11-25(12-22)10-14-5-6-17-15(8-14)9-18(28-17)20(26)27/h5-6,8-9,13,16H,3-4,7,10-12H2,1-2H3,(H,26,27)/t16-,22-/m0/s1. The summed E-state index contributed by atoms with van der Waals surface area (Å²) in [7, 11) is 0. The van der Waals surface area contributed by atoms with Gasteiger partial charge in [0, 0.05) is 30.9 Å². The summed E-state index contributed by atoms with van der Waals surface area (Å²) in [6, 6.07) is 7.49. The lowest BCUT2D eigenvalue weighted by Crippen LogP contribution is -2.32. The third-order valence-corrected chi connectivity index (χ3v) is 6.52. The molecular formula is C22H25N3O4. The van der Waals surface area contributed by atoms with Crippen molar-refractivity contribution in [1.29, 1.82) is 0 Å². The van der Waals surface area contributed by atoms with Gasteiger partial charge in [0.25, 0.3) is 0 Å². The summed E-state index contributed by atoms with van der Waals surface area (Å²) in [6.07, 6.45) is 3.49. The number of carbonyl (C=O) groups is 1. The van der Waals surface area contributed by atoms with Crippen molar-refractivity contribution in [3.8, 4) is 0 Å². The smallest absolute Gasteiger partial charge is 0.371 e. The zero-order chi connectivity index (χ0) is 20.2. The molecule has 2 aromatic heterocycles. The molecule has 3 aromatic rings. The number of hydrogen-bond donors (Lipinski definition) is 1. The number of furan rings is 1. The molecule has 29 heavy (non-hydrogen) atoms. The van der Waals surface area contributed by atoms with Gasteiger partial charge in [0.2, 0.25) is 11.7 Å². The van der Waals surface area contributed by atoms with Gasteiger partial charge in [-0.15, -0.1) is 0 Å². The summed E-state index contributed by atoms with van der Waals surface area (Å²) in [4.78, 5) is 18.4. The minimum Gasteiger partial charge on any atom is -0.475 e. The summed E-state index contributed by atoms with van der Waals surface area (Å²) < 4.78 is 11.1. The van der Waals surface area contributed by atoms with Crippen LogP contribution in [0.5, 0.6) is 0 Å². The van der Waals surface area contributed by atoms with Crippen LogP contribution < -0.4 is 0 Å². The van der Waals surface area contributed by atoms with E-state index in [2.05, 4.69) is 23.9 Å². The molecule has 1 N–H and O–H groups in total. The Morgan fingerprint density at radius 2 is 2.24 bits per heavy atom. The minimum absolute atomic E-state index is 0.0239. The number of carboxylic acids is 1. The molecule has 5 rings (SSSR count). The Labute approximate surface area is 168 Å². The van der Waals surface area contributed by atoms with Crippen molar-refractivity contribution in [3.63, 3.8) is 0 Å². The van der Waals surface area contributed by atoms with Gasteiger partial charge < -0.3 is 14.0 Å². The number of aromatic nitrogens is 2. The van der Waals surface area contributed by atoms with Crippen LogP contribution in [0.4, 0.5) is 0 Å². The number of fused-ring (bicyclic) bond motifs is 2. The van der Waals surface area contributed by atoms with E-state index in [-0.39, 0.29) is 17.1 Å². The van der Waals surface area contributed by atoms with E-state index in [0.717, 1.165) is 48.7 Å². The summed E-state index contributed by atoms with van der Waals surface area (Å²) in [5, 5.41) is 14.2. The number of hydrogen-bond acceptors (Lipinski definition) is 6. The molecule has 0 radical (unpaired) electrons.